The smallest absolute Gasteiger partial charge is 0.180 e. The Bertz CT molecular complexity index is 412. The SMILES string of the molecule is CCS(=O)(=O)c1cccnc1C(C)O. The third-order valence-electron chi connectivity index (χ3n) is 1.91. The minimum Gasteiger partial charge on any atom is -0.387 e. The largest absolute Gasteiger partial charge is 0.387 e. The third-order valence-corrected chi connectivity index (χ3v) is 3.69. The van der Waals surface area contributed by atoms with Crippen LogP contribution in [0.15, 0.2) is 23.2 Å². The predicted octanol–water partition coefficient (Wildman–Crippen LogP) is 0.929. The van der Waals surface area contributed by atoms with Gasteiger partial charge >= 0.3 is 0 Å². The molecule has 0 saturated carbocycles. The summed E-state index contributed by atoms with van der Waals surface area (Å²) < 4.78 is 23.2. The molecule has 0 spiro atoms. The normalized spacial score (nSPS) is 13.9. The van der Waals surface area contributed by atoms with Gasteiger partial charge in [-0.1, -0.05) is 6.92 Å². The summed E-state index contributed by atoms with van der Waals surface area (Å²) in [5.41, 5.74) is 0.217. The molecule has 1 aromatic heterocycles. The quantitative estimate of drug-likeness (QED) is 0.814. The Kier molecular flexibility index (Phi) is 3.23. The van der Waals surface area contributed by atoms with Gasteiger partial charge in [-0.3, -0.25) is 4.98 Å². The highest BCUT2D eigenvalue weighted by molar-refractivity contribution is 7.91. The first kappa shape index (κ1) is 11.1. The Morgan fingerprint density at radius 3 is 2.71 bits per heavy atom. The lowest BCUT2D eigenvalue weighted by atomic mass is 10.2. The van der Waals surface area contributed by atoms with Crippen molar-refractivity contribution < 1.29 is 13.5 Å². The lowest BCUT2D eigenvalue weighted by Gasteiger charge is -2.09. The van der Waals surface area contributed by atoms with Crippen molar-refractivity contribution in [2.45, 2.75) is 24.8 Å². The van der Waals surface area contributed by atoms with Gasteiger partial charge in [0.25, 0.3) is 0 Å². The second-order valence-electron chi connectivity index (χ2n) is 2.97. The van der Waals surface area contributed by atoms with Crippen LogP contribution in [0.2, 0.25) is 0 Å². The number of hydrogen-bond acceptors (Lipinski definition) is 4. The molecule has 0 aliphatic carbocycles. The molecular weight excluding hydrogens is 202 g/mol. The summed E-state index contributed by atoms with van der Waals surface area (Å²) in [7, 11) is -3.30. The van der Waals surface area contributed by atoms with Gasteiger partial charge in [0.15, 0.2) is 9.84 Å². The second kappa shape index (κ2) is 4.06. The van der Waals surface area contributed by atoms with Gasteiger partial charge in [0, 0.05) is 6.20 Å². The Morgan fingerprint density at radius 1 is 1.57 bits per heavy atom. The molecule has 1 aromatic rings. The molecular formula is C9H13NO3S. The van der Waals surface area contributed by atoms with Gasteiger partial charge in [-0.2, -0.15) is 0 Å². The van der Waals surface area contributed by atoms with E-state index < -0.39 is 15.9 Å². The first-order valence-corrected chi connectivity index (χ1v) is 6.00. The van der Waals surface area contributed by atoms with Gasteiger partial charge in [0.2, 0.25) is 0 Å². The Morgan fingerprint density at radius 2 is 2.21 bits per heavy atom. The predicted molar refractivity (Wildman–Crippen MR) is 52.6 cm³/mol. The van der Waals surface area contributed by atoms with Crippen LogP contribution < -0.4 is 0 Å². The van der Waals surface area contributed by atoms with Crippen molar-refractivity contribution in [3.63, 3.8) is 0 Å². The van der Waals surface area contributed by atoms with Crippen molar-refractivity contribution in [2.24, 2.45) is 0 Å². The summed E-state index contributed by atoms with van der Waals surface area (Å²) in [5, 5.41) is 9.34. The molecule has 0 aliphatic heterocycles. The fourth-order valence-corrected chi connectivity index (χ4v) is 2.27. The molecule has 0 amide bonds. The van der Waals surface area contributed by atoms with E-state index in [0.29, 0.717) is 0 Å². The fraction of sp³-hybridized carbons (Fsp3) is 0.444. The molecule has 0 bridgehead atoms. The molecule has 1 heterocycles. The Hall–Kier alpha value is -0.940. The van der Waals surface area contributed by atoms with Crippen LogP contribution in [0.3, 0.4) is 0 Å². The molecule has 1 unspecified atom stereocenters. The fourth-order valence-electron chi connectivity index (χ4n) is 1.14. The van der Waals surface area contributed by atoms with Crippen molar-refractivity contribution in [1.82, 2.24) is 4.98 Å². The number of hydrogen-bond donors (Lipinski definition) is 1. The number of sulfone groups is 1. The zero-order chi connectivity index (χ0) is 10.8. The number of aromatic nitrogens is 1. The number of aliphatic hydroxyl groups excluding tert-OH is 1. The topological polar surface area (TPSA) is 67.3 Å². The molecule has 0 radical (unpaired) electrons. The maximum atomic E-state index is 11.6. The molecule has 0 saturated heterocycles. The van der Waals surface area contributed by atoms with Crippen LogP contribution in [0.5, 0.6) is 0 Å². The van der Waals surface area contributed by atoms with E-state index in [0.717, 1.165) is 0 Å². The van der Waals surface area contributed by atoms with Crippen LogP contribution in [0, 0.1) is 0 Å². The molecule has 4 nitrogen and oxygen atoms in total. The first-order chi connectivity index (χ1) is 6.49. The minimum absolute atomic E-state index is 0.0123. The molecule has 0 aliphatic rings. The van der Waals surface area contributed by atoms with Crippen LogP contribution in [0.4, 0.5) is 0 Å². The molecule has 0 aromatic carbocycles. The number of aliphatic hydroxyl groups is 1. The van der Waals surface area contributed by atoms with Crippen molar-refractivity contribution in [1.29, 1.82) is 0 Å². The minimum atomic E-state index is -3.30. The number of pyridine rings is 1. The van der Waals surface area contributed by atoms with Crippen molar-refractivity contribution in [3.05, 3.63) is 24.0 Å². The molecule has 0 fully saturated rings. The summed E-state index contributed by atoms with van der Waals surface area (Å²) >= 11 is 0. The van der Waals surface area contributed by atoms with Crippen LogP contribution in [-0.2, 0) is 9.84 Å². The van der Waals surface area contributed by atoms with Crippen LogP contribution in [0.1, 0.15) is 25.6 Å². The van der Waals surface area contributed by atoms with Gasteiger partial charge < -0.3 is 5.11 Å². The van der Waals surface area contributed by atoms with Gasteiger partial charge in [-0.25, -0.2) is 8.42 Å². The highest BCUT2D eigenvalue weighted by atomic mass is 32.2. The summed E-state index contributed by atoms with van der Waals surface area (Å²) in [6, 6.07) is 3.02. The van der Waals surface area contributed by atoms with E-state index in [1.165, 1.54) is 19.2 Å². The maximum Gasteiger partial charge on any atom is 0.180 e. The van der Waals surface area contributed by atoms with Crippen LogP contribution >= 0.6 is 0 Å². The Labute approximate surface area is 83.5 Å². The zero-order valence-electron chi connectivity index (χ0n) is 8.14. The average Bonchev–Trinajstić information content (AvgIpc) is 2.18. The molecule has 1 atom stereocenters. The highest BCUT2D eigenvalue weighted by Crippen LogP contribution is 2.20. The monoisotopic (exact) mass is 215 g/mol. The number of nitrogens with zero attached hydrogens (tertiary/aromatic N) is 1. The summed E-state index contributed by atoms with van der Waals surface area (Å²) in [4.78, 5) is 3.99. The van der Waals surface area contributed by atoms with E-state index in [2.05, 4.69) is 4.98 Å². The second-order valence-corrected chi connectivity index (χ2v) is 5.21. The summed E-state index contributed by atoms with van der Waals surface area (Å²) in [5.74, 6) is 0.0123. The van der Waals surface area contributed by atoms with E-state index in [4.69, 9.17) is 0 Å². The van der Waals surface area contributed by atoms with Crippen LogP contribution in [0.25, 0.3) is 0 Å². The van der Waals surface area contributed by atoms with E-state index in [1.807, 2.05) is 0 Å². The lowest BCUT2D eigenvalue weighted by Crippen LogP contribution is -2.10. The van der Waals surface area contributed by atoms with E-state index >= 15 is 0 Å². The van der Waals surface area contributed by atoms with E-state index in [-0.39, 0.29) is 16.3 Å². The first-order valence-electron chi connectivity index (χ1n) is 4.34. The zero-order valence-corrected chi connectivity index (χ0v) is 8.95. The molecule has 1 N–H and O–H groups in total. The Balaban J connectivity index is 3.35. The summed E-state index contributed by atoms with van der Waals surface area (Å²) in [6.07, 6.45) is 0.601. The standard InChI is InChI=1S/C9H13NO3S/c1-3-14(12,13)8-5-4-6-10-9(8)7(2)11/h4-7,11H,3H2,1-2H3. The summed E-state index contributed by atoms with van der Waals surface area (Å²) in [6.45, 7) is 3.06. The molecule has 78 valence electrons. The lowest BCUT2D eigenvalue weighted by molar-refractivity contribution is 0.190. The van der Waals surface area contributed by atoms with Crippen molar-refractivity contribution in [3.8, 4) is 0 Å². The molecule has 14 heavy (non-hydrogen) atoms. The molecule has 1 rings (SSSR count). The molecule has 5 heteroatoms. The average molecular weight is 215 g/mol. The van der Waals surface area contributed by atoms with Crippen molar-refractivity contribution in [2.75, 3.05) is 5.75 Å². The third kappa shape index (κ3) is 2.10. The maximum absolute atomic E-state index is 11.6. The number of rotatable bonds is 3. The van der Waals surface area contributed by atoms with E-state index in [1.54, 1.807) is 13.0 Å². The highest BCUT2D eigenvalue weighted by Gasteiger charge is 2.19. The van der Waals surface area contributed by atoms with Gasteiger partial charge in [0.1, 0.15) is 0 Å². The van der Waals surface area contributed by atoms with Crippen molar-refractivity contribution >= 4 is 9.84 Å². The van der Waals surface area contributed by atoms with Gasteiger partial charge in [-0.15, -0.1) is 0 Å². The van der Waals surface area contributed by atoms with Gasteiger partial charge in [0.05, 0.1) is 22.4 Å². The van der Waals surface area contributed by atoms with E-state index in [9.17, 15) is 13.5 Å². The van der Waals surface area contributed by atoms with Crippen LogP contribution in [-0.4, -0.2) is 24.3 Å². The van der Waals surface area contributed by atoms with Gasteiger partial charge in [-0.05, 0) is 19.1 Å².